The number of aliphatic imine (C=N–C) groups is 1. The summed E-state index contributed by atoms with van der Waals surface area (Å²) in [6, 6.07) is 5.82. The predicted molar refractivity (Wildman–Crippen MR) is 126 cm³/mol. The standard InChI is InChI=1S/C24H26F3N5O3/c1-13-30-18-10-19(34-4)20(35-21(12-33-3)14-5-6-14)9-17(18)23(31-13)29-11-16-7-15(28-2)8-22(32-16)24(25,26)27/h7-10,14,21H,2,5-6,11-12H2,1,3-4H3,(H,29,30,31). The van der Waals surface area contributed by atoms with E-state index in [1.54, 1.807) is 33.3 Å². The van der Waals surface area contributed by atoms with E-state index in [0.29, 0.717) is 46.6 Å². The molecule has 8 nitrogen and oxygen atoms in total. The molecule has 0 radical (unpaired) electrons. The van der Waals surface area contributed by atoms with E-state index in [9.17, 15) is 13.2 Å². The lowest BCUT2D eigenvalue weighted by Crippen LogP contribution is -2.25. The molecule has 1 atom stereocenters. The van der Waals surface area contributed by atoms with Gasteiger partial charge in [0.1, 0.15) is 23.4 Å². The number of anilines is 1. The smallest absolute Gasteiger partial charge is 0.433 e. The van der Waals surface area contributed by atoms with E-state index in [4.69, 9.17) is 14.2 Å². The van der Waals surface area contributed by atoms with Crippen LogP contribution in [0.5, 0.6) is 11.5 Å². The Bertz CT molecular complexity index is 1230. The summed E-state index contributed by atoms with van der Waals surface area (Å²) in [5, 5.41) is 3.72. The second kappa shape index (κ2) is 10.0. The van der Waals surface area contributed by atoms with Crippen LogP contribution >= 0.6 is 0 Å². The van der Waals surface area contributed by atoms with Gasteiger partial charge < -0.3 is 19.5 Å². The molecular weight excluding hydrogens is 463 g/mol. The SMILES string of the molecule is C=Nc1cc(CNc2nc(C)nc3cc(OC)c(OC(COC)C4CC4)cc23)nc(C(F)(F)F)c1. The summed E-state index contributed by atoms with van der Waals surface area (Å²) in [6.07, 6.45) is -2.57. The summed E-state index contributed by atoms with van der Waals surface area (Å²) >= 11 is 0. The number of alkyl halides is 3. The number of hydrogen-bond acceptors (Lipinski definition) is 8. The van der Waals surface area contributed by atoms with Crippen molar-refractivity contribution in [2.24, 2.45) is 10.9 Å². The number of methoxy groups -OCH3 is 2. The Labute approximate surface area is 200 Å². The Balaban J connectivity index is 1.68. The molecule has 0 bridgehead atoms. The van der Waals surface area contributed by atoms with Gasteiger partial charge in [-0.05, 0) is 50.6 Å². The van der Waals surface area contributed by atoms with Crippen LogP contribution < -0.4 is 14.8 Å². The minimum absolute atomic E-state index is 0.0193. The second-order valence-corrected chi connectivity index (χ2v) is 8.30. The highest BCUT2D eigenvalue weighted by molar-refractivity contribution is 5.91. The number of fused-ring (bicyclic) bond motifs is 1. The van der Waals surface area contributed by atoms with Crippen molar-refractivity contribution in [2.45, 2.75) is 38.6 Å². The zero-order valence-corrected chi connectivity index (χ0v) is 19.6. The fraction of sp³-hybridized carbons (Fsp3) is 0.417. The van der Waals surface area contributed by atoms with Crippen molar-refractivity contribution < 1.29 is 27.4 Å². The van der Waals surface area contributed by atoms with E-state index in [-0.39, 0.29) is 24.0 Å². The number of rotatable bonds is 10. The average molecular weight is 489 g/mol. The number of nitrogens with one attached hydrogen (secondary N) is 1. The molecule has 1 saturated carbocycles. The normalized spacial score (nSPS) is 14.6. The van der Waals surface area contributed by atoms with Gasteiger partial charge in [0.05, 0.1) is 37.2 Å². The van der Waals surface area contributed by atoms with Crippen molar-refractivity contribution in [3.05, 3.63) is 41.5 Å². The summed E-state index contributed by atoms with van der Waals surface area (Å²) in [6.45, 7) is 5.48. The van der Waals surface area contributed by atoms with Gasteiger partial charge in [-0.3, -0.25) is 4.99 Å². The van der Waals surface area contributed by atoms with Crippen LogP contribution in [-0.4, -0.2) is 48.6 Å². The molecule has 0 saturated heterocycles. The number of aromatic nitrogens is 3. The molecule has 4 rings (SSSR count). The molecule has 0 spiro atoms. The van der Waals surface area contributed by atoms with Gasteiger partial charge in [0, 0.05) is 18.6 Å². The summed E-state index contributed by atoms with van der Waals surface area (Å²) in [7, 11) is 3.18. The van der Waals surface area contributed by atoms with Gasteiger partial charge in [-0.15, -0.1) is 0 Å². The second-order valence-electron chi connectivity index (χ2n) is 8.30. The monoisotopic (exact) mass is 489 g/mol. The van der Waals surface area contributed by atoms with Gasteiger partial charge in [0.25, 0.3) is 0 Å². The van der Waals surface area contributed by atoms with Crippen LogP contribution in [0.1, 0.15) is 30.1 Å². The molecule has 35 heavy (non-hydrogen) atoms. The van der Waals surface area contributed by atoms with Gasteiger partial charge in [-0.1, -0.05) is 0 Å². The first-order valence-electron chi connectivity index (χ1n) is 11.0. The predicted octanol–water partition coefficient (Wildman–Crippen LogP) is 5.11. The lowest BCUT2D eigenvalue weighted by Gasteiger charge is -2.20. The summed E-state index contributed by atoms with van der Waals surface area (Å²) < 4.78 is 56.8. The van der Waals surface area contributed by atoms with E-state index in [1.807, 2.05) is 0 Å². The molecule has 2 heterocycles. The molecular formula is C24H26F3N5O3. The van der Waals surface area contributed by atoms with Gasteiger partial charge in [0.15, 0.2) is 11.5 Å². The van der Waals surface area contributed by atoms with Crippen molar-refractivity contribution in [3.8, 4) is 11.5 Å². The highest BCUT2D eigenvalue weighted by Crippen LogP contribution is 2.40. The summed E-state index contributed by atoms with van der Waals surface area (Å²) in [5.74, 6) is 2.37. The zero-order chi connectivity index (χ0) is 25.2. The lowest BCUT2D eigenvalue weighted by molar-refractivity contribution is -0.141. The van der Waals surface area contributed by atoms with Gasteiger partial charge in [-0.2, -0.15) is 13.2 Å². The molecule has 3 aromatic rings. The minimum Gasteiger partial charge on any atom is -0.493 e. The molecule has 1 aliphatic carbocycles. The van der Waals surface area contributed by atoms with E-state index in [2.05, 4.69) is 32.0 Å². The van der Waals surface area contributed by atoms with Gasteiger partial charge in [-0.25, -0.2) is 15.0 Å². The van der Waals surface area contributed by atoms with Crippen molar-refractivity contribution in [3.63, 3.8) is 0 Å². The molecule has 0 amide bonds. The van der Waals surface area contributed by atoms with Crippen LogP contribution in [0, 0.1) is 12.8 Å². The Hall–Kier alpha value is -3.47. The molecule has 1 fully saturated rings. The van der Waals surface area contributed by atoms with Crippen molar-refractivity contribution in [1.82, 2.24) is 15.0 Å². The van der Waals surface area contributed by atoms with E-state index < -0.39 is 11.9 Å². The van der Waals surface area contributed by atoms with Crippen LogP contribution in [0.2, 0.25) is 0 Å². The fourth-order valence-electron chi connectivity index (χ4n) is 3.77. The van der Waals surface area contributed by atoms with Gasteiger partial charge in [0.2, 0.25) is 0 Å². The van der Waals surface area contributed by atoms with Crippen LogP contribution in [0.3, 0.4) is 0 Å². The molecule has 11 heteroatoms. The molecule has 2 aromatic heterocycles. The number of benzene rings is 1. The number of hydrogen-bond donors (Lipinski definition) is 1. The van der Waals surface area contributed by atoms with E-state index in [0.717, 1.165) is 18.9 Å². The van der Waals surface area contributed by atoms with Crippen molar-refractivity contribution in [1.29, 1.82) is 0 Å². The topological polar surface area (TPSA) is 90.8 Å². The Morgan fingerprint density at radius 2 is 1.89 bits per heavy atom. The molecule has 1 aromatic carbocycles. The third-order valence-corrected chi connectivity index (χ3v) is 5.62. The minimum atomic E-state index is -4.60. The maximum Gasteiger partial charge on any atom is 0.433 e. The third kappa shape index (κ3) is 5.79. The Morgan fingerprint density at radius 3 is 2.51 bits per heavy atom. The van der Waals surface area contributed by atoms with Crippen LogP contribution in [-0.2, 0) is 17.5 Å². The third-order valence-electron chi connectivity index (χ3n) is 5.62. The Morgan fingerprint density at radius 1 is 1.11 bits per heavy atom. The number of nitrogens with zero attached hydrogens (tertiary/aromatic N) is 4. The van der Waals surface area contributed by atoms with Crippen LogP contribution in [0.4, 0.5) is 24.7 Å². The van der Waals surface area contributed by atoms with Gasteiger partial charge >= 0.3 is 6.18 Å². The largest absolute Gasteiger partial charge is 0.493 e. The van der Waals surface area contributed by atoms with Crippen LogP contribution in [0.15, 0.2) is 29.3 Å². The quantitative estimate of drug-likeness (QED) is 0.396. The fourth-order valence-corrected chi connectivity index (χ4v) is 3.77. The summed E-state index contributed by atoms with van der Waals surface area (Å²) in [5.41, 5.74) is -0.208. The Kier molecular flexibility index (Phi) is 7.06. The first-order valence-corrected chi connectivity index (χ1v) is 11.0. The molecule has 186 valence electrons. The lowest BCUT2D eigenvalue weighted by atomic mass is 10.2. The molecule has 0 aliphatic heterocycles. The first-order chi connectivity index (χ1) is 16.7. The maximum absolute atomic E-state index is 13.2. The highest BCUT2D eigenvalue weighted by atomic mass is 19.4. The highest BCUT2D eigenvalue weighted by Gasteiger charge is 2.34. The van der Waals surface area contributed by atoms with E-state index >= 15 is 0 Å². The van der Waals surface area contributed by atoms with E-state index in [1.165, 1.54) is 6.07 Å². The first kappa shape index (κ1) is 24.6. The molecule has 1 unspecified atom stereocenters. The number of aryl methyl sites for hydroxylation is 1. The van der Waals surface area contributed by atoms with Crippen LogP contribution in [0.25, 0.3) is 10.9 Å². The number of ether oxygens (including phenoxy) is 3. The maximum atomic E-state index is 13.2. The van der Waals surface area contributed by atoms with Crippen molar-refractivity contribution in [2.75, 3.05) is 26.1 Å². The number of halogens is 3. The number of pyridine rings is 1. The average Bonchev–Trinajstić information content (AvgIpc) is 3.66. The van der Waals surface area contributed by atoms with Crippen molar-refractivity contribution >= 4 is 29.1 Å². The zero-order valence-electron chi connectivity index (χ0n) is 19.6. The molecule has 1 aliphatic rings. The summed E-state index contributed by atoms with van der Waals surface area (Å²) in [4.78, 5) is 16.3. The molecule has 1 N–H and O–H groups in total.